The van der Waals surface area contributed by atoms with Crippen LogP contribution in [0.1, 0.15) is 0 Å². The van der Waals surface area contributed by atoms with E-state index < -0.39 is 0 Å². The lowest BCUT2D eigenvalue weighted by atomic mass is 10.3. The highest BCUT2D eigenvalue weighted by Gasteiger charge is 2.09. The van der Waals surface area contributed by atoms with Gasteiger partial charge in [0.25, 0.3) is 0 Å². The summed E-state index contributed by atoms with van der Waals surface area (Å²) in [5, 5.41) is 0. The maximum Gasteiger partial charge on any atom is 0.0642 e. The highest BCUT2D eigenvalue weighted by molar-refractivity contribution is 9.10. The van der Waals surface area contributed by atoms with Gasteiger partial charge in [-0.15, -0.1) is 12.4 Å². The summed E-state index contributed by atoms with van der Waals surface area (Å²) in [6.45, 7) is 3.69. The first kappa shape index (κ1) is 11.8. The Balaban J connectivity index is 0.000000980. The van der Waals surface area contributed by atoms with Gasteiger partial charge in [-0.1, -0.05) is 15.9 Å². The van der Waals surface area contributed by atoms with E-state index >= 15 is 0 Å². The van der Waals surface area contributed by atoms with Gasteiger partial charge in [-0.3, -0.25) is 0 Å². The molecule has 1 aromatic rings. The molecule has 1 heterocycles. The van der Waals surface area contributed by atoms with Gasteiger partial charge in [-0.25, -0.2) is 0 Å². The van der Waals surface area contributed by atoms with Crippen LogP contribution >= 0.6 is 28.3 Å². The van der Waals surface area contributed by atoms with Crippen molar-refractivity contribution in [2.45, 2.75) is 0 Å². The number of ether oxygens (including phenoxy) is 1. The molecule has 0 amide bonds. The van der Waals surface area contributed by atoms with Crippen LogP contribution in [0.3, 0.4) is 0 Å². The van der Waals surface area contributed by atoms with Crippen LogP contribution in [0.4, 0.5) is 5.69 Å². The van der Waals surface area contributed by atoms with Gasteiger partial charge in [0.2, 0.25) is 0 Å². The van der Waals surface area contributed by atoms with Crippen molar-refractivity contribution in [3.05, 3.63) is 28.7 Å². The van der Waals surface area contributed by atoms with Crippen molar-refractivity contribution in [1.82, 2.24) is 0 Å². The molecule has 0 atom stereocenters. The van der Waals surface area contributed by atoms with Crippen LogP contribution in [0.2, 0.25) is 0 Å². The molecule has 0 unspecified atom stereocenters. The summed E-state index contributed by atoms with van der Waals surface area (Å²) >= 11 is 3.43. The maximum atomic E-state index is 5.29. The van der Waals surface area contributed by atoms with Gasteiger partial charge in [0.05, 0.1) is 13.2 Å². The average Bonchev–Trinajstić information content (AvgIpc) is 2.20. The van der Waals surface area contributed by atoms with Crippen LogP contribution in [0.25, 0.3) is 0 Å². The number of hydrogen-bond donors (Lipinski definition) is 0. The zero-order valence-electron chi connectivity index (χ0n) is 7.78. The van der Waals surface area contributed by atoms with Crippen LogP contribution < -0.4 is 4.90 Å². The molecule has 0 bridgehead atoms. The SMILES string of the molecule is Brc1ccc(N2CCOCC2)cc1.Cl. The highest BCUT2D eigenvalue weighted by atomic mass is 79.9. The number of halogens is 2. The standard InChI is InChI=1S/C10H12BrNO.ClH/c11-9-1-3-10(4-2-9)12-5-7-13-8-6-12;/h1-4H,5-8H2;1H. The molecular weight excluding hydrogens is 265 g/mol. The summed E-state index contributed by atoms with van der Waals surface area (Å²) in [6, 6.07) is 8.42. The lowest BCUT2D eigenvalue weighted by Gasteiger charge is -2.28. The molecule has 14 heavy (non-hydrogen) atoms. The van der Waals surface area contributed by atoms with Gasteiger partial charge in [0, 0.05) is 23.2 Å². The molecule has 2 nitrogen and oxygen atoms in total. The molecule has 0 saturated carbocycles. The van der Waals surface area contributed by atoms with Gasteiger partial charge in [0.15, 0.2) is 0 Å². The van der Waals surface area contributed by atoms with Crippen LogP contribution in [0, 0.1) is 0 Å². The van der Waals surface area contributed by atoms with Crippen molar-refractivity contribution in [2.24, 2.45) is 0 Å². The van der Waals surface area contributed by atoms with Crippen LogP contribution in [-0.2, 0) is 4.74 Å². The van der Waals surface area contributed by atoms with E-state index in [-0.39, 0.29) is 12.4 Å². The molecule has 1 aromatic carbocycles. The maximum absolute atomic E-state index is 5.29. The second-order valence-electron chi connectivity index (χ2n) is 3.08. The molecule has 1 aliphatic rings. The predicted molar refractivity (Wildman–Crippen MR) is 64.4 cm³/mol. The van der Waals surface area contributed by atoms with Crippen molar-refractivity contribution in [3.63, 3.8) is 0 Å². The number of nitrogens with zero attached hydrogens (tertiary/aromatic N) is 1. The Morgan fingerprint density at radius 2 is 1.64 bits per heavy atom. The van der Waals surface area contributed by atoms with E-state index in [0.717, 1.165) is 30.8 Å². The molecule has 0 radical (unpaired) electrons. The number of rotatable bonds is 1. The zero-order valence-corrected chi connectivity index (χ0v) is 10.2. The zero-order chi connectivity index (χ0) is 9.10. The van der Waals surface area contributed by atoms with E-state index in [0.29, 0.717) is 0 Å². The van der Waals surface area contributed by atoms with E-state index in [2.05, 4.69) is 45.1 Å². The summed E-state index contributed by atoms with van der Waals surface area (Å²) < 4.78 is 6.42. The third-order valence-electron chi connectivity index (χ3n) is 2.20. The highest BCUT2D eigenvalue weighted by Crippen LogP contribution is 2.18. The minimum absolute atomic E-state index is 0. The normalized spacial score (nSPS) is 16.2. The molecular formula is C10H13BrClNO. The summed E-state index contributed by atoms with van der Waals surface area (Å²) in [7, 11) is 0. The van der Waals surface area contributed by atoms with Crippen LogP contribution in [-0.4, -0.2) is 26.3 Å². The fourth-order valence-corrected chi connectivity index (χ4v) is 1.74. The van der Waals surface area contributed by atoms with Crippen molar-refractivity contribution >= 4 is 34.0 Å². The van der Waals surface area contributed by atoms with Crippen molar-refractivity contribution in [1.29, 1.82) is 0 Å². The van der Waals surface area contributed by atoms with Gasteiger partial charge in [-0.2, -0.15) is 0 Å². The van der Waals surface area contributed by atoms with Gasteiger partial charge in [-0.05, 0) is 24.3 Å². The molecule has 1 fully saturated rings. The number of benzene rings is 1. The van der Waals surface area contributed by atoms with Crippen molar-refractivity contribution < 1.29 is 4.74 Å². The third kappa shape index (κ3) is 2.87. The van der Waals surface area contributed by atoms with Crippen molar-refractivity contribution in [2.75, 3.05) is 31.2 Å². The second kappa shape index (κ2) is 5.59. The number of anilines is 1. The first-order chi connectivity index (χ1) is 6.36. The van der Waals surface area contributed by atoms with Crippen LogP contribution in [0.15, 0.2) is 28.7 Å². The number of morpholine rings is 1. The molecule has 0 aliphatic carbocycles. The molecule has 1 saturated heterocycles. The average molecular weight is 279 g/mol. The summed E-state index contributed by atoms with van der Waals surface area (Å²) in [4.78, 5) is 2.34. The fourth-order valence-electron chi connectivity index (χ4n) is 1.47. The number of hydrogen-bond acceptors (Lipinski definition) is 2. The Hall–Kier alpha value is -0.250. The van der Waals surface area contributed by atoms with E-state index in [9.17, 15) is 0 Å². The van der Waals surface area contributed by atoms with Gasteiger partial charge < -0.3 is 9.64 Å². The monoisotopic (exact) mass is 277 g/mol. The molecule has 0 aromatic heterocycles. The Kier molecular flexibility index (Phi) is 4.72. The van der Waals surface area contributed by atoms with Crippen molar-refractivity contribution in [3.8, 4) is 0 Å². The van der Waals surface area contributed by atoms with E-state index in [4.69, 9.17) is 4.74 Å². The summed E-state index contributed by atoms with van der Waals surface area (Å²) in [5.41, 5.74) is 1.28. The lowest BCUT2D eigenvalue weighted by Crippen LogP contribution is -2.36. The van der Waals surface area contributed by atoms with E-state index in [1.807, 2.05) is 0 Å². The first-order valence-electron chi connectivity index (χ1n) is 4.44. The lowest BCUT2D eigenvalue weighted by molar-refractivity contribution is 0.122. The van der Waals surface area contributed by atoms with Gasteiger partial charge in [0.1, 0.15) is 0 Å². The molecule has 1 aliphatic heterocycles. The summed E-state index contributed by atoms with van der Waals surface area (Å²) in [5.74, 6) is 0. The minimum Gasteiger partial charge on any atom is -0.378 e. The third-order valence-corrected chi connectivity index (χ3v) is 2.73. The largest absolute Gasteiger partial charge is 0.378 e. The summed E-state index contributed by atoms with van der Waals surface area (Å²) in [6.07, 6.45) is 0. The quantitative estimate of drug-likeness (QED) is 0.783. The second-order valence-corrected chi connectivity index (χ2v) is 3.99. The Morgan fingerprint density at radius 3 is 2.21 bits per heavy atom. The minimum atomic E-state index is 0. The smallest absolute Gasteiger partial charge is 0.0642 e. The fraction of sp³-hybridized carbons (Fsp3) is 0.400. The Labute approximate surface area is 98.8 Å². The molecule has 2 rings (SSSR count). The van der Waals surface area contributed by atoms with Gasteiger partial charge >= 0.3 is 0 Å². The topological polar surface area (TPSA) is 12.5 Å². The molecule has 0 spiro atoms. The van der Waals surface area contributed by atoms with E-state index in [1.54, 1.807) is 0 Å². The molecule has 0 N–H and O–H groups in total. The van der Waals surface area contributed by atoms with Crippen LogP contribution in [0.5, 0.6) is 0 Å². The first-order valence-corrected chi connectivity index (χ1v) is 5.24. The predicted octanol–water partition coefficient (Wildman–Crippen LogP) is 2.71. The Bertz CT molecular complexity index is 272. The Morgan fingerprint density at radius 1 is 1.07 bits per heavy atom. The van der Waals surface area contributed by atoms with E-state index in [1.165, 1.54) is 5.69 Å². The molecule has 4 heteroatoms. The molecule has 78 valence electrons.